The van der Waals surface area contributed by atoms with E-state index in [1.165, 1.54) is 0 Å². The Morgan fingerprint density at radius 3 is 2.75 bits per heavy atom. The normalized spacial score (nSPS) is 20.2. The van der Waals surface area contributed by atoms with Gasteiger partial charge in [0.25, 0.3) is 0 Å². The van der Waals surface area contributed by atoms with Crippen LogP contribution in [-0.2, 0) is 9.59 Å². The van der Waals surface area contributed by atoms with Crippen LogP contribution in [0, 0.1) is 5.92 Å². The van der Waals surface area contributed by atoms with E-state index in [-0.39, 0.29) is 24.2 Å². The summed E-state index contributed by atoms with van der Waals surface area (Å²) in [6.07, 6.45) is 0.195. The van der Waals surface area contributed by atoms with E-state index >= 15 is 0 Å². The Balaban J connectivity index is 1.72. The molecule has 0 saturated carbocycles. The first-order chi connectivity index (χ1) is 11.4. The van der Waals surface area contributed by atoms with Crippen LogP contribution in [-0.4, -0.2) is 43.7 Å². The Kier molecular flexibility index (Phi) is 4.36. The molecule has 1 aromatic carbocycles. The molecule has 1 fully saturated rings. The van der Waals surface area contributed by atoms with E-state index in [1.807, 2.05) is 19.9 Å². The molecule has 0 bridgehead atoms. The van der Waals surface area contributed by atoms with Crippen molar-refractivity contribution in [3.05, 3.63) is 18.2 Å². The highest BCUT2D eigenvalue weighted by Gasteiger charge is 2.37. The predicted octanol–water partition coefficient (Wildman–Crippen LogP) is 0.664. The van der Waals surface area contributed by atoms with Gasteiger partial charge in [-0.25, -0.2) is 0 Å². The summed E-state index contributed by atoms with van der Waals surface area (Å²) in [4.78, 5) is 26.3. The second-order valence-electron chi connectivity index (χ2n) is 6.81. The molecule has 3 N–H and O–H groups in total. The number of rotatable bonds is 4. The Morgan fingerprint density at radius 1 is 1.33 bits per heavy atom. The fourth-order valence-electron chi connectivity index (χ4n) is 2.82. The molecule has 2 aliphatic rings. The predicted molar refractivity (Wildman–Crippen MR) is 89.2 cm³/mol. The minimum absolute atomic E-state index is 0.0719. The number of carbonyl (C=O) groups excluding carboxylic acids is 2. The molecule has 2 aliphatic heterocycles. The smallest absolute Gasteiger partial charge is 0.227 e. The molecule has 1 unspecified atom stereocenters. The third-order valence-electron chi connectivity index (χ3n) is 4.31. The van der Waals surface area contributed by atoms with Crippen LogP contribution >= 0.6 is 0 Å². The highest BCUT2D eigenvalue weighted by atomic mass is 16.6. The fourth-order valence-corrected chi connectivity index (χ4v) is 2.82. The lowest BCUT2D eigenvalue weighted by Crippen LogP contribution is -2.51. The van der Waals surface area contributed by atoms with Crippen molar-refractivity contribution in [3.63, 3.8) is 0 Å². The van der Waals surface area contributed by atoms with Crippen molar-refractivity contribution in [2.45, 2.75) is 25.8 Å². The van der Waals surface area contributed by atoms with Crippen LogP contribution in [0.5, 0.6) is 11.5 Å². The van der Waals surface area contributed by atoms with Gasteiger partial charge in [-0.2, -0.15) is 0 Å². The van der Waals surface area contributed by atoms with Crippen molar-refractivity contribution in [1.82, 2.24) is 5.32 Å². The highest BCUT2D eigenvalue weighted by Crippen LogP contribution is 2.36. The first-order valence-corrected chi connectivity index (χ1v) is 8.12. The molecule has 3 rings (SSSR count). The highest BCUT2D eigenvalue weighted by molar-refractivity contribution is 6.00. The summed E-state index contributed by atoms with van der Waals surface area (Å²) in [5, 5.41) is 2.90. The average Bonchev–Trinajstić information content (AvgIpc) is 2.96. The largest absolute Gasteiger partial charge is 0.486 e. The quantitative estimate of drug-likeness (QED) is 0.844. The summed E-state index contributed by atoms with van der Waals surface area (Å²) in [7, 11) is 0. The second-order valence-corrected chi connectivity index (χ2v) is 6.81. The molecule has 7 heteroatoms. The molecular weight excluding hydrogens is 310 g/mol. The molecule has 0 aromatic heterocycles. The molecule has 7 nitrogen and oxygen atoms in total. The Labute approximate surface area is 141 Å². The molecular formula is C17H23N3O4. The van der Waals surface area contributed by atoms with Crippen LogP contribution in [0.1, 0.15) is 20.3 Å². The van der Waals surface area contributed by atoms with Gasteiger partial charge in [0.2, 0.25) is 11.8 Å². The number of hydrogen-bond acceptors (Lipinski definition) is 5. The number of ether oxygens (including phenoxy) is 2. The van der Waals surface area contributed by atoms with E-state index in [4.69, 9.17) is 15.2 Å². The van der Waals surface area contributed by atoms with Crippen LogP contribution < -0.4 is 25.4 Å². The van der Waals surface area contributed by atoms with Gasteiger partial charge in [0, 0.05) is 36.8 Å². The summed E-state index contributed by atoms with van der Waals surface area (Å²) in [5.74, 6) is 0.715. The van der Waals surface area contributed by atoms with Crippen molar-refractivity contribution in [2.24, 2.45) is 11.7 Å². The summed E-state index contributed by atoms with van der Waals surface area (Å²) in [5.41, 5.74) is 5.88. The molecule has 0 radical (unpaired) electrons. The molecule has 0 spiro atoms. The SMILES string of the molecule is CC(C)(CN)NC(=O)C1CC(=O)N(c2ccc3c(c2)OCCO3)C1. The maximum Gasteiger partial charge on any atom is 0.227 e. The van der Waals surface area contributed by atoms with Crippen LogP contribution in [0.15, 0.2) is 18.2 Å². The van der Waals surface area contributed by atoms with E-state index in [9.17, 15) is 9.59 Å². The number of carbonyl (C=O) groups is 2. The minimum atomic E-state index is -0.482. The molecule has 2 amide bonds. The maximum atomic E-state index is 12.4. The zero-order chi connectivity index (χ0) is 17.3. The number of nitrogens with two attached hydrogens (primary N) is 1. The van der Waals surface area contributed by atoms with Crippen molar-refractivity contribution in [2.75, 3.05) is 31.2 Å². The third kappa shape index (κ3) is 3.31. The van der Waals surface area contributed by atoms with Crippen LogP contribution in [0.25, 0.3) is 0 Å². The van der Waals surface area contributed by atoms with Crippen LogP contribution in [0.3, 0.4) is 0 Å². The third-order valence-corrected chi connectivity index (χ3v) is 4.31. The molecule has 1 aromatic rings. The number of amides is 2. The lowest BCUT2D eigenvalue weighted by atomic mass is 10.0. The average molecular weight is 333 g/mol. The standard InChI is InChI=1S/C17H23N3O4/c1-17(2,10-18)19-16(22)11-7-15(21)20(9-11)12-3-4-13-14(8-12)24-6-5-23-13/h3-4,8,11H,5-7,9-10,18H2,1-2H3,(H,19,22). The molecule has 24 heavy (non-hydrogen) atoms. The number of nitrogens with zero attached hydrogens (tertiary/aromatic N) is 1. The monoisotopic (exact) mass is 333 g/mol. The summed E-state index contributed by atoms with van der Waals surface area (Å²) < 4.78 is 11.0. The lowest BCUT2D eigenvalue weighted by molar-refractivity contribution is -0.127. The van der Waals surface area contributed by atoms with Gasteiger partial charge in [-0.15, -0.1) is 0 Å². The van der Waals surface area contributed by atoms with Gasteiger partial charge in [0.15, 0.2) is 11.5 Å². The maximum absolute atomic E-state index is 12.4. The second kappa shape index (κ2) is 6.32. The molecule has 2 heterocycles. The molecule has 1 atom stereocenters. The first kappa shape index (κ1) is 16.6. The summed E-state index contributed by atoms with van der Waals surface area (Å²) >= 11 is 0. The van der Waals surface area contributed by atoms with E-state index in [1.54, 1.807) is 17.0 Å². The number of anilines is 1. The summed E-state index contributed by atoms with van der Waals surface area (Å²) in [6, 6.07) is 5.40. The molecule has 0 aliphatic carbocycles. The van der Waals surface area contributed by atoms with Gasteiger partial charge in [0.1, 0.15) is 13.2 Å². The molecule has 130 valence electrons. The molecule has 1 saturated heterocycles. The van der Waals surface area contributed by atoms with Gasteiger partial charge >= 0.3 is 0 Å². The topological polar surface area (TPSA) is 93.9 Å². The first-order valence-electron chi connectivity index (χ1n) is 8.12. The van der Waals surface area contributed by atoms with E-state index in [0.717, 1.165) is 5.69 Å². The van der Waals surface area contributed by atoms with Gasteiger partial charge in [-0.3, -0.25) is 9.59 Å². The summed E-state index contributed by atoms with van der Waals surface area (Å²) in [6.45, 7) is 5.43. The Bertz CT molecular complexity index is 659. The minimum Gasteiger partial charge on any atom is -0.486 e. The van der Waals surface area contributed by atoms with Crippen LogP contribution in [0.2, 0.25) is 0 Å². The van der Waals surface area contributed by atoms with Crippen molar-refractivity contribution < 1.29 is 19.1 Å². The zero-order valence-electron chi connectivity index (χ0n) is 14.0. The number of benzene rings is 1. The van der Waals surface area contributed by atoms with E-state index in [2.05, 4.69) is 5.32 Å². The van der Waals surface area contributed by atoms with Crippen molar-refractivity contribution in [3.8, 4) is 11.5 Å². The fraction of sp³-hybridized carbons (Fsp3) is 0.529. The number of fused-ring (bicyclic) bond motifs is 1. The van der Waals surface area contributed by atoms with Gasteiger partial charge in [-0.1, -0.05) is 0 Å². The Hall–Kier alpha value is -2.28. The number of hydrogen-bond donors (Lipinski definition) is 2. The van der Waals surface area contributed by atoms with Gasteiger partial charge < -0.3 is 25.4 Å². The van der Waals surface area contributed by atoms with Crippen LogP contribution in [0.4, 0.5) is 5.69 Å². The van der Waals surface area contributed by atoms with E-state index in [0.29, 0.717) is 37.8 Å². The number of nitrogens with one attached hydrogen (secondary N) is 1. The lowest BCUT2D eigenvalue weighted by Gasteiger charge is -2.26. The van der Waals surface area contributed by atoms with Crippen molar-refractivity contribution >= 4 is 17.5 Å². The van der Waals surface area contributed by atoms with Crippen molar-refractivity contribution in [1.29, 1.82) is 0 Å². The zero-order valence-corrected chi connectivity index (χ0v) is 14.0. The van der Waals surface area contributed by atoms with Gasteiger partial charge in [-0.05, 0) is 26.0 Å². The Morgan fingerprint density at radius 2 is 2.04 bits per heavy atom. The van der Waals surface area contributed by atoms with Gasteiger partial charge in [0.05, 0.1) is 5.92 Å². The van der Waals surface area contributed by atoms with E-state index < -0.39 is 5.54 Å².